The molecular formula is C15H18ClNO3. The number of hydrogen-bond donors (Lipinski definition) is 2. The highest BCUT2D eigenvalue weighted by Crippen LogP contribution is 2.31. The number of carboxylic acid groups (broad SMARTS) is 1. The van der Waals surface area contributed by atoms with Gasteiger partial charge in [0.05, 0.1) is 5.92 Å². The Kier molecular flexibility index (Phi) is 5.01. The first-order valence-electron chi connectivity index (χ1n) is 6.83. The fraction of sp³-hybridized carbons (Fsp3) is 0.467. The van der Waals surface area contributed by atoms with Crippen molar-refractivity contribution in [2.75, 3.05) is 5.32 Å². The second kappa shape index (κ2) is 6.75. The van der Waals surface area contributed by atoms with Gasteiger partial charge in [-0.1, -0.05) is 17.7 Å². The Morgan fingerprint density at radius 1 is 1.25 bits per heavy atom. The van der Waals surface area contributed by atoms with E-state index in [9.17, 15) is 9.59 Å². The van der Waals surface area contributed by atoms with E-state index in [1.165, 1.54) is 0 Å². The largest absolute Gasteiger partial charge is 0.481 e. The van der Waals surface area contributed by atoms with Gasteiger partial charge in [-0.15, -0.1) is 0 Å². The van der Waals surface area contributed by atoms with Crippen LogP contribution < -0.4 is 5.32 Å². The van der Waals surface area contributed by atoms with Crippen LogP contribution in [0.25, 0.3) is 0 Å². The van der Waals surface area contributed by atoms with Gasteiger partial charge in [0.1, 0.15) is 0 Å². The highest BCUT2D eigenvalue weighted by molar-refractivity contribution is 6.30. The normalized spacial score (nSPS) is 22.2. The number of aliphatic carboxylic acids is 1. The van der Waals surface area contributed by atoms with Gasteiger partial charge in [-0.3, -0.25) is 9.59 Å². The standard InChI is InChI=1S/C15H18ClNO3/c16-12-2-1-3-13(9-12)17-14(18)8-10-4-6-11(7-5-10)15(19)20/h1-3,9-11H,4-8H2,(H,17,18)(H,19,20). The summed E-state index contributed by atoms with van der Waals surface area (Å²) in [6.07, 6.45) is 3.40. The molecule has 0 heterocycles. The Morgan fingerprint density at radius 3 is 2.55 bits per heavy atom. The summed E-state index contributed by atoms with van der Waals surface area (Å²) in [7, 11) is 0. The molecule has 1 aromatic carbocycles. The van der Waals surface area contributed by atoms with Crippen LogP contribution >= 0.6 is 11.6 Å². The molecule has 0 bridgehead atoms. The molecular weight excluding hydrogens is 278 g/mol. The van der Waals surface area contributed by atoms with Gasteiger partial charge in [-0.25, -0.2) is 0 Å². The second-order valence-electron chi connectivity index (χ2n) is 5.32. The average Bonchev–Trinajstić information content (AvgIpc) is 2.39. The van der Waals surface area contributed by atoms with Crippen LogP contribution in [0.5, 0.6) is 0 Å². The fourth-order valence-corrected chi connectivity index (χ4v) is 2.84. The molecule has 0 saturated heterocycles. The Morgan fingerprint density at radius 2 is 1.95 bits per heavy atom. The molecule has 0 atom stereocenters. The van der Waals surface area contributed by atoms with Crippen LogP contribution in [0.3, 0.4) is 0 Å². The predicted molar refractivity (Wildman–Crippen MR) is 77.8 cm³/mol. The molecule has 1 aromatic rings. The molecule has 4 nitrogen and oxygen atoms in total. The summed E-state index contributed by atoms with van der Waals surface area (Å²) in [5.41, 5.74) is 0.696. The first-order valence-corrected chi connectivity index (χ1v) is 7.20. The Balaban J connectivity index is 1.80. The van der Waals surface area contributed by atoms with Crippen molar-refractivity contribution in [2.24, 2.45) is 11.8 Å². The number of nitrogens with one attached hydrogen (secondary N) is 1. The van der Waals surface area contributed by atoms with E-state index in [1.807, 2.05) is 0 Å². The summed E-state index contributed by atoms with van der Waals surface area (Å²) in [6, 6.07) is 7.05. The van der Waals surface area contributed by atoms with Crippen molar-refractivity contribution in [1.29, 1.82) is 0 Å². The van der Waals surface area contributed by atoms with Crippen molar-refractivity contribution in [3.63, 3.8) is 0 Å². The van der Waals surface area contributed by atoms with Crippen LogP contribution in [-0.4, -0.2) is 17.0 Å². The maximum atomic E-state index is 11.9. The van der Waals surface area contributed by atoms with Gasteiger partial charge in [0.25, 0.3) is 0 Å². The van der Waals surface area contributed by atoms with Gasteiger partial charge in [0.2, 0.25) is 5.91 Å². The van der Waals surface area contributed by atoms with Crippen LogP contribution in [0.15, 0.2) is 24.3 Å². The molecule has 1 aliphatic rings. The minimum Gasteiger partial charge on any atom is -0.481 e. The van der Waals surface area contributed by atoms with Crippen molar-refractivity contribution in [3.05, 3.63) is 29.3 Å². The summed E-state index contributed by atoms with van der Waals surface area (Å²) in [5, 5.41) is 12.3. The van der Waals surface area contributed by atoms with Crippen molar-refractivity contribution in [3.8, 4) is 0 Å². The summed E-state index contributed by atoms with van der Waals surface area (Å²) in [4.78, 5) is 22.8. The number of benzene rings is 1. The van der Waals surface area contributed by atoms with E-state index >= 15 is 0 Å². The third-order valence-electron chi connectivity index (χ3n) is 3.78. The van der Waals surface area contributed by atoms with Crippen LogP contribution in [0.2, 0.25) is 5.02 Å². The molecule has 0 spiro atoms. The third kappa shape index (κ3) is 4.23. The van der Waals surface area contributed by atoms with Gasteiger partial charge in [0.15, 0.2) is 0 Å². The molecule has 1 fully saturated rings. The zero-order chi connectivity index (χ0) is 14.5. The number of hydrogen-bond acceptors (Lipinski definition) is 2. The second-order valence-corrected chi connectivity index (χ2v) is 5.75. The van der Waals surface area contributed by atoms with Crippen molar-refractivity contribution >= 4 is 29.2 Å². The quantitative estimate of drug-likeness (QED) is 0.892. The van der Waals surface area contributed by atoms with Crippen LogP contribution in [0.4, 0.5) is 5.69 Å². The van der Waals surface area contributed by atoms with Gasteiger partial charge in [-0.05, 0) is 49.8 Å². The summed E-state index contributed by atoms with van der Waals surface area (Å²) in [6.45, 7) is 0. The lowest BCUT2D eigenvalue weighted by molar-refractivity contribution is -0.143. The lowest BCUT2D eigenvalue weighted by atomic mass is 9.80. The Labute approximate surface area is 123 Å². The first-order chi connectivity index (χ1) is 9.54. The monoisotopic (exact) mass is 295 g/mol. The molecule has 108 valence electrons. The predicted octanol–water partition coefficient (Wildman–Crippen LogP) is 3.56. The zero-order valence-corrected chi connectivity index (χ0v) is 11.9. The van der Waals surface area contributed by atoms with Crippen LogP contribution in [0.1, 0.15) is 32.1 Å². The smallest absolute Gasteiger partial charge is 0.306 e. The van der Waals surface area contributed by atoms with Gasteiger partial charge >= 0.3 is 5.97 Å². The van der Waals surface area contributed by atoms with Gasteiger partial charge in [-0.2, -0.15) is 0 Å². The van der Waals surface area contributed by atoms with Crippen LogP contribution in [-0.2, 0) is 9.59 Å². The number of carbonyl (C=O) groups excluding carboxylic acids is 1. The summed E-state index contributed by atoms with van der Waals surface area (Å²) >= 11 is 5.86. The van der Waals surface area contributed by atoms with Gasteiger partial charge in [0, 0.05) is 17.1 Å². The van der Waals surface area contributed by atoms with Crippen LogP contribution in [0, 0.1) is 11.8 Å². The Bertz CT molecular complexity index is 496. The minimum atomic E-state index is -0.716. The highest BCUT2D eigenvalue weighted by Gasteiger charge is 2.27. The van der Waals surface area contributed by atoms with Crippen molar-refractivity contribution < 1.29 is 14.7 Å². The first kappa shape index (κ1) is 14.9. The van der Waals surface area contributed by atoms with E-state index < -0.39 is 5.97 Å². The van der Waals surface area contributed by atoms with Crippen molar-refractivity contribution in [2.45, 2.75) is 32.1 Å². The molecule has 0 aliphatic heterocycles. The highest BCUT2D eigenvalue weighted by atomic mass is 35.5. The fourth-order valence-electron chi connectivity index (χ4n) is 2.65. The molecule has 5 heteroatoms. The SMILES string of the molecule is O=C(CC1CCC(C(=O)O)CC1)Nc1cccc(Cl)c1. The summed E-state index contributed by atoms with van der Waals surface area (Å²) in [5.74, 6) is -0.704. The topological polar surface area (TPSA) is 66.4 Å². The minimum absolute atomic E-state index is 0.0361. The number of halogens is 1. The maximum absolute atomic E-state index is 11.9. The molecule has 0 radical (unpaired) electrons. The Hall–Kier alpha value is -1.55. The molecule has 20 heavy (non-hydrogen) atoms. The summed E-state index contributed by atoms with van der Waals surface area (Å²) < 4.78 is 0. The molecule has 0 unspecified atom stereocenters. The number of carboxylic acids is 1. The zero-order valence-electron chi connectivity index (χ0n) is 11.1. The molecule has 1 aliphatic carbocycles. The van der Waals surface area contributed by atoms with E-state index in [-0.39, 0.29) is 17.7 Å². The molecule has 2 N–H and O–H groups in total. The van der Waals surface area contributed by atoms with Gasteiger partial charge < -0.3 is 10.4 Å². The number of rotatable bonds is 4. The van der Waals surface area contributed by atoms with E-state index in [4.69, 9.17) is 16.7 Å². The number of anilines is 1. The van der Waals surface area contributed by atoms with E-state index in [2.05, 4.69) is 5.32 Å². The lowest BCUT2D eigenvalue weighted by Crippen LogP contribution is -2.24. The average molecular weight is 296 g/mol. The lowest BCUT2D eigenvalue weighted by Gasteiger charge is -2.25. The molecule has 2 rings (SSSR count). The molecule has 1 amide bonds. The number of carbonyl (C=O) groups is 2. The van der Waals surface area contributed by atoms with Crippen molar-refractivity contribution in [1.82, 2.24) is 0 Å². The number of amides is 1. The van der Waals surface area contributed by atoms with E-state index in [0.29, 0.717) is 30.0 Å². The maximum Gasteiger partial charge on any atom is 0.306 e. The molecule has 1 saturated carbocycles. The molecule has 0 aromatic heterocycles. The van der Waals surface area contributed by atoms with E-state index in [0.717, 1.165) is 12.8 Å². The third-order valence-corrected chi connectivity index (χ3v) is 4.01. The van der Waals surface area contributed by atoms with E-state index in [1.54, 1.807) is 24.3 Å².